The van der Waals surface area contributed by atoms with Crippen LogP contribution in [0.5, 0.6) is 0 Å². The van der Waals surface area contributed by atoms with E-state index in [1.807, 2.05) is 6.07 Å². The first-order valence-electron chi connectivity index (χ1n) is 6.36. The van der Waals surface area contributed by atoms with Crippen molar-refractivity contribution in [2.75, 3.05) is 17.7 Å². The molecule has 0 fully saturated rings. The van der Waals surface area contributed by atoms with Gasteiger partial charge in [0.1, 0.15) is 0 Å². The lowest BCUT2D eigenvalue weighted by atomic mass is 10.00. The van der Waals surface area contributed by atoms with Crippen LogP contribution in [0.3, 0.4) is 0 Å². The van der Waals surface area contributed by atoms with Crippen LogP contribution < -0.4 is 10.6 Å². The molecule has 2 aromatic carbocycles. The van der Waals surface area contributed by atoms with Crippen molar-refractivity contribution in [2.45, 2.75) is 6.42 Å². The zero-order valence-corrected chi connectivity index (χ0v) is 11.1. The highest BCUT2D eigenvalue weighted by molar-refractivity contribution is 6.10. The van der Waals surface area contributed by atoms with Gasteiger partial charge >= 0.3 is 0 Å². The summed E-state index contributed by atoms with van der Waals surface area (Å²) in [6, 6.07) is 12.3. The molecule has 4 heteroatoms. The maximum Gasteiger partial charge on any atom is 0.231 e. The lowest BCUT2D eigenvalue weighted by Crippen LogP contribution is -2.20. The largest absolute Gasteiger partial charge is 0.399 e. The van der Waals surface area contributed by atoms with E-state index < -0.39 is 0 Å². The molecule has 0 spiro atoms. The summed E-state index contributed by atoms with van der Waals surface area (Å²) in [6.45, 7) is 0. The van der Waals surface area contributed by atoms with Crippen LogP contribution >= 0.6 is 0 Å². The minimum atomic E-state index is -0.0814. The topological polar surface area (TPSA) is 63.4 Å². The number of nitrogens with two attached hydrogens (primary N) is 1. The van der Waals surface area contributed by atoms with E-state index in [9.17, 15) is 9.59 Å². The molecule has 4 nitrogen and oxygen atoms in total. The van der Waals surface area contributed by atoms with Gasteiger partial charge in [-0.25, -0.2) is 0 Å². The number of likely N-dealkylation sites (N-methyl/N-ethyl adjacent to an activating group) is 1. The van der Waals surface area contributed by atoms with Crippen molar-refractivity contribution < 1.29 is 9.59 Å². The smallest absolute Gasteiger partial charge is 0.231 e. The number of nitrogens with zero attached hydrogens (tertiary/aromatic N) is 1. The lowest BCUT2D eigenvalue weighted by molar-refractivity contribution is -0.117. The van der Waals surface area contributed by atoms with E-state index in [4.69, 9.17) is 5.73 Å². The van der Waals surface area contributed by atoms with Crippen LogP contribution in [0.2, 0.25) is 0 Å². The molecule has 20 heavy (non-hydrogen) atoms. The summed E-state index contributed by atoms with van der Waals surface area (Å²) in [4.78, 5) is 25.7. The zero-order chi connectivity index (χ0) is 14.3. The van der Waals surface area contributed by atoms with E-state index in [1.54, 1.807) is 48.3 Å². The second-order valence-corrected chi connectivity index (χ2v) is 4.93. The average Bonchev–Trinajstić information content (AvgIpc) is 2.73. The fourth-order valence-electron chi connectivity index (χ4n) is 2.46. The van der Waals surface area contributed by atoms with Crippen LogP contribution in [0.1, 0.15) is 21.5 Å². The molecule has 0 aliphatic carbocycles. The Morgan fingerprint density at radius 3 is 2.65 bits per heavy atom. The molecule has 3 rings (SSSR count). The second-order valence-electron chi connectivity index (χ2n) is 4.93. The molecular formula is C16H14N2O2. The van der Waals surface area contributed by atoms with Gasteiger partial charge in [-0.2, -0.15) is 0 Å². The highest BCUT2D eigenvalue weighted by Crippen LogP contribution is 2.29. The Bertz CT molecular complexity index is 722. The molecule has 0 unspecified atom stereocenters. The molecule has 0 saturated heterocycles. The summed E-state index contributed by atoms with van der Waals surface area (Å²) in [5, 5.41) is 0. The Morgan fingerprint density at radius 1 is 1.15 bits per heavy atom. The van der Waals surface area contributed by atoms with Gasteiger partial charge in [-0.1, -0.05) is 12.1 Å². The third kappa shape index (κ3) is 1.95. The summed E-state index contributed by atoms with van der Waals surface area (Å²) >= 11 is 0. The number of rotatable bonds is 2. The van der Waals surface area contributed by atoms with Crippen LogP contribution in [0.4, 0.5) is 11.4 Å². The minimum Gasteiger partial charge on any atom is -0.399 e. The van der Waals surface area contributed by atoms with Crippen molar-refractivity contribution in [3.63, 3.8) is 0 Å². The molecule has 2 N–H and O–H groups in total. The maximum atomic E-state index is 12.4. The normalized spacial score (nSPS) is 13.4. The lowest BCUT2D eigenvalue weighted by Gasteiger charge is -2.10. The molecule has 0 saturated carbocycles. The predicted octanol–water partition coefficient (Wildman–Crippen LogP) is 2.02. The number of anilines is 2. The molecule has 0 atom stereocenters. The fourth-order valence-corrected chi connectivity index (χ4v) is 2.46. The van der Waals surface area contributed by atoms with E-state index in [0.717, 1.165) is 11.3 Å². The van der Waals surface area contributed by atoms with Crippen LogP contribution in [-0.4, -0.2) is 18.7 Å². The Labute approximate surface area is 116 Å². The summed E-state index contributed by atoms with van der Waals surface area (Å²) in [6.07, 6.45) is 0.351. The van der Waals surface area contributed by atoms with Crippen molar-refractivity contribution in [3.05, 3.63) is 59.2 Å². The number of amides is 1. The SMILES string of the molecule is CN1C(=O)Cc2cc(C(=O)c3cccc(N)c3)ccc21. The van der Waals surface area contributed by atoms with Crippen LogP contribution in [0, 0.1) is 0 Å². The quantitative estimate of drug-likeness (QED) is 0.668. The predicted molar refractivity (Wildman–Crippen MR) is 77.8 cm³/mol. The molecule has 1 heterocycles. The van der Waals surface area contributed by atoms with Gasteiger partial charge in [0.15, 0.2) is 5.78 Å². The summed E-state index contributed by atoms with van der Waals surface area (Å²) in [7, 11) is 1.74. The van der Waals surface area contributed by atoms with Crippen LogP contribution in [0.15, 0.2) is 42.5 Å². The van der Waals surface area contributed by atoms with Gasteiger partial charge in [0.25, 0.3) is 0 Å². The summed E-state index contributed by atoms with van der Waals surface area (Å²) < 4.78 is 0. The van der Waals surface area contributed by atoms with E-state index in [0.29, 0.717) is 23.2 Å². The number of ketones is 1. The second kappa shape index (κ2) is 4.49. The standard InChI is InChI=1S/C16H14N2O2/c1-18-14-6-5-11(7-12(14)9-15(18)19)16(20)10-3-2-4-13(17)8-10/h2-8H,9,17H2,1H3. The Hall–Kier alpha value is -2.62. The molecule has 1 aliphatic rings. The molecule has 1 amide bonds. The monoisotopic (exact) mass is 266 g/mol. The molecule has 0 aromatic heterocycles. The molecular weight excluding hydrogens is 252 g/mol. The molecule has 0 radical (unpaired) electrons. The van der Waals surface area contributed by atoms with E-state index >= 15 is 0 Å². The molecule has 2 aromatic rings. The van der Waals surface area contributed by atoms with Gasteiger partial charge in [0, 0.05) is 29.5 Å². The van der Waals surface area contributed by atoms with Gasteiger partial charge in [-0.05, 0) is 35.9 Å². The number of hydrogen-bond acceptors (Lipinski definition) is 3. The first kappa shape index (κ1) is 12.4. The van der Waals surface area contributed by atoms with E-state index in [-0.39, 0.29) is 11.7 Å². The van der Waals surface area contributed by atoms with E-state index in [1.165, 1.54) is 0 Å². The van der Waals surface area contributed by atoms with Crippen LogP contribution in [0.25, 0.3) is 0 Å². The maximum absolute atomic E-state index is 12.4. The Balaban J connectivity index is 1.99. The van der Waals surface area contributed by atoms with Gasteiger partial charge < -0.3 is 10.6 Å². The fraction of sp³-hybridized carbons (Fsp3) is 0.125. The Kier molecular flexibility index (Phi) is 2.79. The summed E-state index contributed by atoms with van der Waals surface area (Å²) in [5.41, 5.74) is 9.17. The van der Waals surface area contributed by atoms with Gasteiger partial charge in [-0.15, -0.1) is 0 Å². The average molecular weight is 266 g/mol. The van der Waals surface area contributed by atoms with Crippen molar-refractivity contribution in [1.82, 2.24) is 0 Å². The third-order valence-electron chi connectivity index (χ3n) is 3.57. The first-order valence-corrected chi connectivity index (χ1v) is 6.36. The highest BCUT2D eigenvalue weighted by atomic mass is 16.2. The van der Waals surface area contributed by atoms with Crippen molar-refractivity contribution >= 4 is 23.1 Å². The Morgan fingerprint density at radius 2 is 1.90 bits per heavy atom. The summed E-state index contributed by atoms with van der Waals surface area (Å²) in [5.74, 6) is -0.0318. The molecule has 1 aliphatic heterocycles. The van der Waals surface area contributed by atoms with Crippen LogP contribution in [-0.2, 0) is 11.2 Å². The van der Waals surface area contributed by atoms with Crippen molar-refractivity contribution in [1.29, 1.82) is 0 Å². The number of carbonyl (C=O) groups is 2. The molecule has 100 valence electrons. The van der Waals surface area contributed by atoms with Crippen molar-refractivity contribution in [2.24, 2.45) is 0 Å². The number of nitrogen functional groups attached to an aromatic ring is 1. The minimum absolute atomic E-state index is 0.0496. The van der Waals surface area contributed by atoms with Crippen molar-refractivity contribution in [3.8, 4) is 0 Å². The highest BCUT2D eigenvalue weighted by Gasteiger charge is 2.24. The van der Waals surface area contributed by atoms with Gasteiger partial charge in [-0.3, -0.25) is 9.59 Å². The zero-order valence-electron chi connectivity index (χ0n) is 11.1. The van der Waals surface area contributed by atoms with E-state index in [2.05, 4.69) is 0 Å². The van der Waals surface area contributed by atoms with Gasteiger partial charge in [0.2, 0.25) is 5.91 Å². The molecule has 0 bridgehead atoms. The first-order chi connectivity index (χ1) is 9.56. The third-order valence-corrected chi connectivity index (χ3v) is 3.57. The van der Waals surface area contributed by atoms with Gasteiger partial charge in [0.05, 0.1) is 6.42 Å². The number of hydrogen-bond donors (Lipinski definition) is 1. The number of benzene rings is 2. The number of carbonyl (C=O) groups excluding carboxylic acids is 2. The number of fused-ring (bicyclic) bond motifs is 1.